The molecule has 2 rings (SSSR count). The number of hydrogen-bond acceptors (Lipinski definition) is 4. The minimum absolute atomic E-state index is 0.00630. The third kappa shape index (κ3) is 2.54. The van der Waals surface area contributed by atoms with Crippen LogP contribution in [0.4, 0.5) is 0 Å². The Kier molecular flexibility index (Phi) is 3.68. The summed E-state index contributed by atoms with van der Waals surface area (Å²) >= 11 is 1.19. The van der Waals surface area contributed by atoms with E-state index >= 15 is 0 Å². The van der Waals surface area contributed by atoms with Gasteiger partial charge in [-0.15, -0.1) is 0 Å². The lowest BCUT2D eigenvalue weighted by molar-refractivity contribution is 0.563. The lowest BCUT2D eigenvalue weighted by Gasteiger charge is -2.14. The van der Waals surface area contributed by atoms with Crippen molar-refractivity contribution in [2.45, 2.75) is 33.4 Å². The fourth-order valence-electron chi connectivity index (χ4n) is 2.18. The number of thiazole rings is 1. The van der Waals surface area contributed by atoms with Gasteiger partial charge in [-0.05, 0) is 20.8 Å². The fraction of sp³-hybridized carbons (Fsp3) is 0.500. The largest absolute Gasteiger partial charge is 0.315 e. The second-order valence-corrected chi connectivity index (χ2v) is 5.33. The van der Waals surface area contributed by atoms with Crippen LogP contribution in [0.5, 0.6) is 0 Å². The van der Waals surface area contributed by atoms with E-state index in [9.17, 15) is 4.79 Å². The summed E-state index contributed by atoms with van der Waals surface area (Å²) in [7, 11) is 1.95. The van der Waals surface area contributed by atoms with E-state index in [1.54, 1.807) is 0 Å². The van der Waals surface area contributed by atoms with Crippen LogP contribution < -0.4 is 10.2 Å². The molecule has 6 heteroatoms. The molecule has 18 heavy (non-hydrogen) atoms. The maximum Gasteiger partial charge on any atom is 0.304 e. The highest BCUT2D eigenvalue weighted by atomic mass is 32.1. The number of H-pyrrole nitrogens is 1. The number of rotatable bonds is 4. The van der Waals surface area contributed by atoms with E-state index in [1.807, 2.05) is 24.0 Å². The van der Waals surface area contributed by atoms with Gasteiger partial charge < -0.3 is 10.3 Å². The number of aromatic amines is 1. The van der Waals surface area contributed by atoms with Gasteiger partial charge in [0.25, 0.3) is 0 Å². The molecule has 0 aliphatic carbocycles. The maximum atomic E-state index is 11.0. The first-order chi connectivity index (χ1) is 8.49. The molecule has 0 aliphatic rings. The highest BCUT2D eigenvalue weighted by molar-refractivity contribution is 7.07. The average Bonchev–Trinajstić information content (AvgIpc) is 2.82. The van der Waals surface area contributed by atoms with Gasteiger partial charge >= 0.3 is 4.87 Å². The minimum Gasteiger partial charge on any atom is -0.315 e. The molecule has 0 bridgehead atoms. The first kappa shape index (κ1) is 13.0. The topological polar surface area (TPSA) is 62.7 Å². The van der Waals surface area contributed by atoms with Crippen LogP contribution in [0.15, 0.2) is 10.2 Å². The summed E-state index contributed by atoms with van der Waals surface area (Å²) in [5, 5.41) is 9.67. The summed E-state index contributed by atoms with van der Waals surface area (Å²) in [6, 6.07) is 0.210. The molecule has 0 fully saturated rings. The summed E-state index contributed by atoms with van der Waals surface area (Å²) in [4.78, 5) is 13.8. The van der Waals surface area contributed by atoms with Gasteiger partial charge in [-0.1, -0.05) is 11.3 Å². The van der Waals surface area contributed by atoms with Crippen molar-refractivity contribution in [3.8, 4) is 0 Å². The average molecular weight is 266 g/mol. The van der Waals surface area contributed by atoms with Crippen molar-refractivity contribution < 1.29 is 0 Å². The number of aromatic nitrogens is 3. The smallest absolute Gasteiger partial charge is 0.304 e. The lowest BCUT2D eigenvalue weighted by atomic mass is 10.1. The van der Waals surface area contributed by atoms with E-state index < -0.39 is 0 Å². The SMILES string of the molecule is Cc1nn(C)c(C)c1C(C)NCc1csc(=O)[nH]1. The lowest BCUT2D eigenvalue weighted by Crippen LogP contribution is -2.20. The zero-order valence-electron chi connectivity index (χ0n) is 11.1. The Labute approximate surface area is 110 Å². The second-order valence-electron chi connectivity index (χ2n) is 4.48. The molecule has 0 aliphatic heterocycles. The van der Waals surface area contributed by atoms with Gasteiger partial charge in [0.2, 0.25) is 0 Å². The van der Waals surface area contributed by atoms with Gasteiger partial charge in [0.05, 0.1) is 5.69 Å². The van der Waals surface area contributed by atoms with Crippen LogP contribution in [-0.4, -0.2) is 14.8 Å². The molecular weight excluding hydrogens is 248 g/mol. The number of aryl methyl sites for hydroxylation is 2. The van der Waals surface area contributed by atoms with Crippen molar-refractivity contribution in [3.05, 3.63) is 37.7 Å². The normalized spacial score (nSPS) is 12.9. The maximum absolute atomic E-state index is 11.0. The van der Waals surface area contributed by atoms with Crippen LogP contribution in [0.1, 0.15) is 35.6 Å². The van der Waals surface area contributed by atoms with Gasteiger partial charge in [0, 0.05) is 42.0 Å². The third-order valence-electron chi connectivity index (χ3n) is 3.17. The van der Waals surface area contributed by atoms with E-state index in [0.717, 1.165) is 11.4 Å². The molecule has 0 saturated heterocycles. The van der Waals surface area contributed by atoms with Crippen LogP contribution in [0.3, 0.4) is 0 Å². The van der Waals surface area contributed by atoms with Crippen molar-refractivity contribution in [1.29, 1.82) is 0 Å². The molecule has 1 unspecified atom stereocenters. The monoisotopic (exact) mass is 266 g/mol. The van der Waals surface area contributed by atoms with Crippen LogP contribution in [0.25, 0.3) is 0 Å². The van der Waals surface area contributed by atoms with Crippen LogP contribution >= 0.6 is 11.3 Å². The van der Waals surface area contributed by atoms with Gasteiger partial charge in [-0.2, -0.15) is 5.10 Å². The Morgan fingerprint density at radius 1 is 1.56 bits per heavy atom. The van der Waals surface area contributed by atoms with E-state index in [1.165, 1.54) is 22.6 Å². The summed E-state index contributed by atoms with van der Waals surface area (Å²) in [6.45, 7) is 6.86. The van der Waals surface area contributed by atoms with Crippen molar-refractivity contribution in [3.63, 3.8) is 0 Å². The molecule has 2 aromatic rings. The Morgan fingerprint density at radius 3 is 2.78 bits per heavy atom. The molecule has 0 spiro atoms. The third-order valence-corrected chi connectivity index (χ3v) is 3.89. The molecule has 1 atom stereocenters. The highest BCUT2D eigenvalue weighted by Crippen LogP contribution is 2.20. The van der Waals surface area contributed by atoms with Gasteiger partial charge in [0.15, 0.2) is 0 Å². The summed E-state index contributed by atoms with van der Waals surface area (Å²) in [6.07, 6.45) is 0. The van der Waals surface area contributed by atoms with Crippen molar-refractivity contribution in [2.24, 2.45) is 7.05 Å². The Bertz CT molecular complexity index is 595. The molecule has 0 amide bonds. The van der Waals surface area contributed by atoms with Gasteiger partial charge in [0.1, 0.15) is 0 Å². The zero-order chi connectivity index (χ0) is 13.3. The first-order valence-electron chi connectivity index (χ1n) is 5.89. The Hall–Kier alpha value is -1.40. The molecule has 2 heterocycles. The molecular formula is C12H18N4OS. The second kappa shape index (κ2) is 5.07. The molecule has 2 aromatic heterocycles. The molecule has 0 radical (unpaired) electrons. The predicted molar refractivity (Wildman–Crippen MR) is 72.9 cm³/mol. The van der Waals surface area contributed by atoms with Crippen LogP contribution in [0, 0.1) is 13.8 Å². The number of hydrogen-bond donors (Lipinski definition) is 2. The van der Waals surface area contributed by atoms with E-state index in [4.69, 9.17) is 0 Å². The minimum atomic E-state index is -0.00630. The highest BCUT2D eigenvalue weighted by Gasteiger charge is 2.15. The van der Waals surface area contributed by atoms with Gasteiger partial charge in [-0.25, -0.2) is 0 Å². The molecule has 5 nitrogen and oxygen atoms in total. The van der Waals surface area contributed by atoms with E-state index in [0.29, 0.717) is 6.54 Å². The van der Waals surface area contributed by atoms with Crippen LogP contribution in [0.2, 0.25) is 0 Å². The molecule has 98 valence electrons. The fourth-order valence-corrected chi connectivity index (χ4v) is 2.76. The Balaban J connectivity index is 2.08. The standard InChI is InChI=1S/C12H18N4OS/c1-7(11-8(2)15-16(4)9(11)3)13-5-10-6-18-12(17)14-10/h6-7,13H,5H2,1-4H3,(H,14,17). The molecule has 0 aromatic carbocycles. The first-order valence-corrected chi connectivity index (χ1v) is 6.77. The van der Waals surface area contributed by atoms with E-state index in [2.05, 4.69) is 29.2 Å². The zero-order valence-corrected chi connectivity index (χ0v) is 11.9. The molecule has 2 N–H and O–H groups in total. The van der Waals surface area contributed by atoms with Crippen molar-refractivity contribution >= 4 is 11.3 Å². The summed E-state index contributed by atoms with van der Waals surface area (Å²) in [5.41, 5.74) is 4.38. The number of nitrogens with one attached hydrogen (secondary N) is 2. The summed E-state index contributed by atoms with van der Waals surface area (Å²) < 4.78 is 1.90. The summed E-state index contributed by atoms with van der Waals surface area (Å²) in [5.74, 6) is 0. The van der Waals surface area contributed by atoms with Gasteiger partial charge in [-0.3, -0.25) is 9.48 Å². The van der Waals surface area contributed by atoms with Crippen molar-refractivity contribution in [1.82, 2.24) is 20.1 Å². The van der Waals surface area contributed by atoms with Crippen LogP contribution in [-0.2, 0) is 13.6 Å². The quantitative estimate of drug-likeness (QED) is 0.884. The van der Waals surface area contributed by atoms with Crippen molar-refractivity contribution in [2.75, 3.05) is 0 Å². The Morgan fingerprint density at radius 2 is 2.28 bits per heavy atom. The van der Waals surface area contributed by atoms with E-state index in [-0.39, 0.29) is 10.9 Å². The predicted octanol–water partition coefficient (Wildman–Crippen LogP) is 1.64. The molecule has 0 saturated carbocycles. The number of nitrogens with zero attached hydrogens (tertiary/aromatic N) is 2.